The molecule has 2 aromatic carbocycles. The van der Waals surface area contributed by atoms with Crippen LogP contribution in [0.5, 0.6) is 0 Å². The van der Waals surface area contributed by atoms with Crippen molar-refractivity contribution in [2.24, 2.45) is 0 Å². The lowest BCUT2D eigenvalue weighted by molar-refractivity contribution is -0.920. The lowest BCUT2D eigenvalue weighted by Crippen LogP contribution is -3.12. The van der Waals surface area contributed by atoms with E-state index in [1.54, 1.807) is 4.90 Å². The molecular formula is C20H24N3+. The zero-order chi connectivity index (χ0) is 15.6. The van der Waals surface area contributed by atoms with Gasteiger partial charge in [-0.15, -0.1) is 0 Å². The molecule has 1 aliphatic rings. The number of rotatable bonds is 3. The fraction of sp³-hybridized carbons (Fsp3) is 0.350. The van der Waals surface area contributed by atoms with Crippen LogP contribution in [0.3, 0.4) is 0 Å². The third-order valence-corrected chi connectivity index (χ3v) is 4.99. The molecule has 0 amide bonds. The van der Waals surface area contributed by atoms with E-state index in [-0.39, 0.29) is 0 Å². The van der Waals surface area contributed by atoms with E-state index in [0.29, 0.717) is 5.92 Å². The van der Waals surface area contributed by atoms with Gasteiger partial charge in [0, 0.05) is 5.56 Å². The number of hydrogen-bond donors (Lipinski definition) is 2. The molecule has 3 aromatic rings. The third kappa shape index (κ3) is 3.15. The second kappa shape index (κ2) is 6.17. The number of imidazole rings is 1. The van der Waals surface area contributed by atoms with E-state index < -0.39 is 0 Å². The summed E-state index contributed by atoms with van der Waals surface area (Å²) in [7, 11) is 0. The van der Waals surface area contributed by atoms with E-state index >= 15 is 0 Å². The van der Waals surface area contributed by atoms with Gasteiger partial charge >= 0.3 is 0 Å². The molecule has 1 fully saturated rings. The van der Waals surface area contributed by atoms with Gasteiger partial charge in [-0.25, -0.2) is 4.98 Å². The summed E-state index contributed by atoms with van der Waals surface area (Å²) in [6.45, 7) is 5.71. The van der Waals surface area contributed by atoms with E-state index in [1.807, 2.05) is 0 Å². The number of quaternary nitrogens is 1. The summed E-state index contributed by atoms with van der Waals surface area (Å²) in [5.41, 5.74) is 5.03. The maximum absolute atomic E-state index is 4.82. The Balaban J connectivity index is 1.49. The normalized spacial score (nSPS) is 21.6. The van der Waals surface area contributed by atoms with Crippen molar-refractivity contribution in [3.05, 3.63) is 65.5 Å². The lowest BCUT2D eigenvalue weighted by atomic mass is 9.97. The summed E-state index contributed by atoms with van der Waals surface area (Å²) in [6.07, 6.45) is 2.53. The minimum absolute atomic E-state index is 0.552. The molecule has 0 aliphatic carbocycles. The van der Waals surface area contributed by atoms with Crippen LogP contribution >= 0.6 is 0 Å². The van der Waals surface area contributed by atoms with E-state index in [4.69, 9.17) is 4.98 Å². The largest absolute Gasteiger partial charge is 0.342 e. The van der Waals surface area contributed by atoms with Crippen molar-refractivity contribution in [2.45, 2.75) is 32.2 Å². The second-order valence-electron chi connectivity index (χ2n) is 6.84. The fourth-order valence-corrected chi connectivity index (χ4v) is 3.71. The molecule has 23 heavy (non-hydrogen) atoms. The number of hydrogen-bond acceptors (Lipinski definition) is 1. The first-order chi connectivity index (χ1) is 11.3. The van der Waals surface area contributed by atoms with Crippen molar-refractivity contribution >= 4 is 11.0 Å². The van der Waals surface area contributed by atoms with Gasteiger partial charge in [-0.05, 0) is 31.9 Å². The minimum Gasteiger partial charge on any atom is -0.342 e. The molecule has 2 N–H and O–H groups in total. The standard InChI is InChI=1S/C20H23N3/c1-15-8-10-16(11-9-15)13-23-12-4-5-17(14-23)20-21-18-6-2-3-7-19(18)22-20/h2-3,6-11,17H,4-5,12-14H2,1H3,(H,21,22)/p+1/t17-/m0/s1. The quantitative estimate of drug-likeness (QED) is 0.766. The fourth-order valence-electron chi connectivity index (χ4n) is 3.71. The van der Waals surface area contributed by atoms with Crippen molar-refractivity contribution < 1.29 is 4.90 Å². The highest BCUT2D eigenvalue weighted by Crippen LogP contribution is 2.22. The topological polar surface area (TPSA) is 33.1 Å². The van der Waals surface area contributed by atoms with Crippen LogP contribution in [0.25, 0.3) is 11.0 Å². The highest BCUT2D eigenvalue weighted by molar-refractivity contribution is 5.74. The Morgan fingerprint density at radius 2 is 1.96 bits per heavy atom. The van der Waals surface area contributed by atoms with Gasteiger partial charge in [0.05, 0.1) is 30.0 Å². The first-order valence-corrected chi connectivity index (χ1v) is 8.62. The SMILES string of the molecule is Cc1ccc(C[NH+]2CCC[C@H](c3nc4ccccc4[nH]3)C2)cc1. The molecule has 1 saturated heterocycles. The van der Waals surface area contributed by atoms with E-state index in [0.717, 1.165) is 17.6 Å². The molecule has 0 saturated carbocycles. The van der Waals surface area contributed by atoms with Gasteiger partial charge in [0.25, 0.3) is 0 Å². The highest BCUT2D eigenvalue weighted by Gasteiger charge is 2.26. The number of para-hydroxylation sites is 2. The molecule has 1 aromatic heterocycles. The number of nitrogens with zero attached hydrogens (tertiary/aromatic N) is 1. The van der Waals surface area contributed by atoms with Gasteiger partial charge in [-0.3, -0.25) is 0 Å². The Morgan fingerprint density at radius 3 is 2.78 bits per heavy atom. The Hall–Kier alpha value is -2.13. The van der Waals surface area contributed by atoms with E-state index in [2.05, 4.69) is 60.4 Å². The predicted octanol–water partition coefficient (Wildman–Crippen LogP) is 2.83. The van der Waals surface area contributed by atoms with Crippen LogP contribution in [0.15, 0.2) is 48.5 Å². The number of likely N-dealkylation sites (tertiary alicyclic amines) is 1. The number of piperidine rings is 1. The molecule has 1 unspecified atom stereocenters. The number of nitrogens with one attached hydrogen (secondary N) is 2. The summed E-state index contributed by atoms with van der Waals surface area (Å²) in [5.74, 6) is 1.73. The monoisotopic (exact) mass is 306 g/mol. The summed E-state index contributed by atoms with van der Waals surface area (Å²) in [6, 6.07) is 17.3. The van der Waals surface area contributed by atoms with Gasteiger partial charge in [-0.2, -0.15) is 0 Å². The van der Waals surface area contributed by atoms with Crippen LogP contribution in [0.1, 0.15) is 35.7 Å². The molecule has 0 radical (unpaired) electrons. The first-order valence-electron chi connectivity index (χ1n) is 8.62. The number of aryl methyl sites for hydroxylation is 1. The van der Waals surface area contributed by atoms with Crippen molar-refractivity contribution in [1.29, 1.82) is 0 Å². The lowest BCUT2D eigenvalue weighted by Gasteiger charge is -2.29. The summed E-state index contributed by atoms with van der Waals surface area (Å²) >= 11 is 0. The molecule has 4 rings (SSSR count). The summed E-state index contributed by atoms with van der Waals surface area (Å²) < 4.78 is 0. The Bertz CT molecular complexity index is 755. The van der Waals surface area contributed by atoms with Crippen molar-refractivity contribution in [3.8, 4) is 0 Å². The van der Waals surface area contributed by atoms with E-state index in [9.17, 15) is 0 Å². The van der Waals surface area contributed by atoms with Crippen LogP contribution in [0.4, 0.5) is 0 Å². The van der Waals surface area contributed by atoms with Crippen LogP contribution in [0, 0.1) is 6.92 Å². The van der Waals surface area contributed by atoms with Gasteiger partial charge in [0.2, 0.25) is 0 Å². The van der Waals surface area contributed by atoms with Crippen LogP contribution in [0.2, 0.25) is 0 Å². The molecule has 3 nitrogen and oxygen atoms in total. The molecule has 118 valence electrons. The first kappa shape index (κ1) is 14.5. The van der Waals surface area contributed by atoms with Gasteiger partial charge in [0.1, 0.15) is 12.4 Å². The van der Waals surface area contributed by atoms with Gasteiger partial charge in [0.15, 0.2) is 0 Å². The number of fused-ring (bicyclic) bond motifs is 1. The van der Waals surface area contributed by atoms with Crippen molar-refractivity contribution in [2.75, 3.05) is 13.1 Å². The maximum atomic E-state index is 4.82. The zero-order valence-electron chi connectivity index (χ0n) is 13.7. The molecule has 2 heterocycles. The van der Waals surface area contributed by atoms with Crippen LogP contribution in [-0.2, 0) is 6.54 Å². The number of aromatic amines is 1. The smallest absolute Gasteiger partial charge is 0.116 e. The zero-order valence-corrected chi connectivity index (χ0v) is 13.7. The molecular weight excluding hydrogens is 282 g/mol. The summed E-state index contributed by atoms with van der Waals surface area (Å²) in [4.78, 5) is 10.0. The number of H-pyrrole nitrogens is 1. The Kier molecular flexibility index (Phi) is 3.88. The molecule has 0 spiro atoms. The molecule has 1 aliphatic heterocycles. The van der Waals surface area contributed by atoms with E-state index in [1.165, 1.54) is 42.9 Å². The molecule has 2 atom stereocenters. The van der Waals surface area contributed by atoms with Crippen LogP contribution in [-0.4, -0.2) is 23.1 Å². The van der Waals surface area contributed by atoms with Gasteiger partial charge in [-0.1, -0.05) is 42.0 Å². The van der Waals surface area contributed by atoms with Crippen molar-refractivity contribution in [3.63, 3.8) is 0 Å². The average Bonchev–Trinajstić information content (AvgIpc) is 3.01. The molecule has 3 heteroatoms. The van der Waals surface area contributed by atoms with Crippen molar-refractivity contribution in [1.82, 2.24) is 9.97 Å². The number of benzene rings is 2. The Morgan fingerprint density at radius 1 is 1.13 bits per heavy atom. The van der Waals surface area contributed by atoms with Crippen LogP contribution < -0.4 is 4.90 Å². The average molecular weight is 306 g/mol. The van der Waals surface area contributed by atoms with Gasteiger partial charge < -0.3 is 9.88 Å². The predicted molar refractivity (Wildman–Crippen MR) is 93.6 cm³/mol. The number of aromatic nitrogens is 2. The third-order valence-electron chi connectivity index (χ3n) is 4.99. The highest BCUT2D eigenvalue weighted by atomic mass is 15.1. The Labute approximate surface area is 137 Å². The summed E-state index contributed by atoms with van der Waals surface area (Å²) in [5, 5.41) is 0. The maximum Gasteiger partial charge on any atom is 0.116 e. The second-order valence-corrected chi connectivity index (χ2v) is 6.84. The molecule has 0 bridgehead atoms. The minimum atomic E-state index is 0.552.